The van der Waals surface area contributed by atoms with Gasteiger partial charge in [-0.05, 0) is 5.92 Å². The van der Waals surface area contributed by atoms with Crippen molar-refractivity contribution in [2.45, 2.75) is 38.9 Å². The highest BCUT2D eigenvalue weighted by molar-refractivity contribution is 5.87. The lowest BCUT2D eigenvalue weighted by Crippen LogP contribution is -2.53. The average Bonchev–Trinajstić information content (AvgIpc) is 2.81. The molecule has 1 aromatic rings. The van der Waals surface area contributed by atoms with Gasteiger partial charge in [-0.1, -0.05) is 13.8 Å². The van der Waals surface area contributed by atoms with E-state index in [9.17, 15) is 9.59 Å². The molecule has 1 aromatic heterocycles. The number of imidazole rings is 1. The van der Waals surface area contributed by atoms with Crippen LogP contribution in [0, 0.1) is 5.92 Å². The summed E-state index contributed by atoms with van der Waals surface area (Å²) in [4.78, 5) is 30.3. The van der Waals surface area contributed by atoms with Crippen molar-refractivity contribution in [3.05, 3.63) is 17.7 Å². The summed E-state index contributed by atoms with van der Waals surface area (Å²) in [5.74, 6) is -1.47. The van der Waals surface area contributed by atoms with E-state index in [4.69, 9.17) is 5.11 Å². The van der Waals surface area contributed by atoms with Crippen LogP contribution < -0.4 is 10.6 Å². The van der Waals surface area contributed by atoms with E-state index >= 15 is 0 Å². The lowest BCUT2D eigenvalue weighted by atomic mass is 10.0. The van der Waals surface area contributed by atoms with Crippen molar-refractivity contribution in [1.29, 1.82) is 0 Å². The van der Waals surface area contributed by atoms with Crippen molar-refractivity contribution in [3.8, 4) is 0 Å². The highest BCUT2D eigenvalue weighted by atomic mass is 16.4. The van der Waals surface area contributed by atoms with Crippen molar-refractivity contribution in [2.75, 3.05) is 0 Å². The zero-order valence-corrected chi connectivity index (χ0v) is 10.9. The fraction of sp³-hybridized carbons (Fsp3) is 0.583. The SMILES string of the molecule is CC(C)C(NC(=O)C1Cc2nc[nH]c2CN1)C(=O)O. The standard InChI is InChI=1S/C12H18N4O3/c1-6(2)10(12(18)19)16-11(17)8-3-7-9(4-13-8)15-5-14-7/h5-6,8,10,13H,3-4H2,1-2H3,(H,14,15)(H,16,17)(H,18,19). The van der Waals surface area contributed by atoms with Gasteiger partial charge in [0.2, 0.25) is 5.91 Å². The van der Waals surface area contributed by atoms with Gasteiger partial charge in [0.25, 0.3) is 0 Å². The van der Waals surface area contributed by atoms with Crippen LogP contribution in [0.5, 0.6) is 0 Å². The van der Waals surface area contributed by atoms with E-state index in [1.807, 2.05) is 0 Å². The molecule has 2 unspecified atom stereocenters. The van der Waals surface area contributed by atoms with Crippen LogP contribution in [-0.2, 0) is 22.6 Å². The Morgan fingerprint density at radius 1 is 1.53 bits per heavy atom. The molecule has 0 saturated heterocycles. The van der Waals surface area contributed by atoms with E-state index in [1.54, 1.807) is 20.2 Å². The zero-order valence-electron chi connectivity index (χ0n) is 10.9. The number of aromatic nitrogens is 2. The molecular weight excluding hydrogens is 248 g/mol. The number of nitrogens with one attached hydrogen (secondary N) is 3. The third kappa shape index (κ3) is 2.93. The van der Waals surface area contributed by atoms with E-state index < -0.39 is 18.1 Å². The summed E-state index contributed by atoms with van der Waals surface area (Å²) in [7, 11) is 0. The molecule has 19 heavy (non-hydrogen) atoms. The second-order valence-electron chi connectivity index (χ2n) is 5.03. The van der Waals surface area contributed by atoms with Gasteiger partial charge in [-0.15, -0.1) is 0 Å². The first-order valence-corrected chi connectivity index (χ1v) is 6.26. The average molecular weight is 266 g/mol. The Labute approximate surface area is 110 Å². The highest BCUT2D eigenvalue weighted by Gasteiger charge is 2.30. The Morgan fingerprint density at radius 3 is 2.89 bits per heavy atom. The third-order valence-corrected chi connectivity index (χ3v) is 3.28. The Bertz CT molecular complexity index is 483. The minimum absolute atomic E-state index is 0.161. The van der Waals surface area contributed by atoms with E-state index in [0.717, 1.165) is 11.4 Å². The summed E-state index contributed by atoms with van der Waals surface area (Å²) < 4.78 is 0. The van der Waals surface area contributed by atoms with Gasteiger partial charge in [0.15, 0.2) is 0 Å². The lowest BCUT2D eigenvalue weighted by molar-refractivity contribution is -0.143. The maximum absolute atomic E-state index is 12.1. The number of hydrogen-bond donors (Lipinski definition) is 4. The Kier molecular flexibility index (Phi) is 3.84. The van der Waals surface area contributed by atoms with E-state index in [2.05, 4.69) is 20.6 Å². The van der Waals surface area contributed by atoms with Crippen LogP contribution in [0.15, 0.2) is 6.33 Å². The molecule has 0 aromatic carbocycles. The molecule has 1 amide bonds. The van der Waals surface area contributed by atoms with Gasteiger partial charge < -0.3 is 15.4 Å². The molecule has 0 fully saturated rings. The van der Waals surface area contributed by atoms with Gasteiger partial charge in [0, 0.05) is 13.0 Å². The summed E-state index contributed by atoms with van der Waals surface area (Å²) in [5.41, 5.74) is 1.83. The number of fused-ring (bicyclic) bond motifs is 1. The van der Waals surface area contributed by atoms with Gasteiger partial charge in [-0.3, -0.25) is 10.1 Å². The largest absolute Gasteiger partial charge is 0.480 e. The number of H-pyrrole nitrogens is 1. The van der Waals surface area contributed by atoms with Crippen molar-refractivity contribution in [1.82, 2.24) is 20.6 Å². The van der Waals surface area contributed by atoms with E-state index in [1.165, 1.54) is 0 Å². The Balaban J connectivity index is 2.00. The molecule has 0 radical (unpaired) electrons. The molecule has 1 aliphatic heterocycles. The molecule has 0 aliphatic carbocycles. The van der Waals surface area contributed by atoms with Crippen LogP contribution in [0.25, 0.3) is 0 Å². The first-order valence-electron chi connectivity index (χ1n) is 6.26. The van der Waals surface area contributed by atoms with Gasteiger partial charge in [-0.2, -0.15) is 0 Å². The summed E-state index contributed by atoms with van der Waals surface area (Å²) in [6.07, 6.45) is 2.07. The van der Waals surface area contributed by atoms with Gasteiger partial charge in [0.05, 0.1) is 23.8 Å². The zero-order chi connectivity index (χ0) is 14.0. The predicted molar refractivity (Wildman–Crippen MR) is 67.3 cm³/mol. The molecular formula is C12H18N4O3. The number of hydrogen-bond acceptors (Lipinski definition) is 4. The third-order valence-electron chi connectivity index (χ3n) is 3.28. The Morgan fingerprint density at radius 2 is 2.26 bits per heavy atom. The smallest absolute Gasteiger partial charge is 0.326 e. The van der Waals surface area contributed by atoms with Crippen LogP contribution in [0.4, 0.5) is 0 Å². The lowest BCUT2D eigenvalue weighted by Gasteiger charge is -2.25. The summed E-state index contributed by atoms with van der Waals surface area (Å²) in [6, 6.07) is -1.30. The number of aromatic amines is 1. The quantitative estimate of drug-likeness (QED) is 0.596. The minimum atomic E-state index is -1.01. The monoisotopic (exact) mass is 266 g/mol. The molecule has 0 bridgehead atoms. The molecule has 0 saturated carbocycles. The summed E-state index contributed by atoms with van der Waals surface area (Å²) in [6.45, 7) is 4.06. The van der Waals surface area contributed by atoms with Crippen molar-refractivity contribution in [3.63, 3.8) is 0 Å². The minimum Gasteiger partial charge on any atom is -0.480 e. The first-order chi connectivity index (χ1) is 8.99. The van der Waals surface area contributed by atoms with Crippen LogP contribution >= 0.6 is 0 Å². The number of carbonyl (C=O) groups is 2. The fourth-order valence-corrected chi connectivity index (χ4v) is 2.12. The molecule has 2 rings (SSSR count). The maximum atomic E-state index is 12.1. The number of aliphatic carboxylic acids is 1. The second kappa shape index (κ2) is 5.40. The van der Waals surface area contributed by atoms with Gasteiger partial charge in [0.1, 0.15) is 6.04 Å². The van der Waals surface area contributed by atoms with E-state index in [0.29, 0.717) is 13.0 Å². The Hall–Kier alpha value is -1.89. The predicted octanol–water partition coefficient (Wildman–Crippen LogP) is -0.351. The van der Waals surface area contributed by atoms with E-state index in [-0.39, 0.29) is 11.8 Å². The van der Waals surface area contributed by atoms with Gasteiger partial charge >= 0.3 is 5.97 Å². The molecule has 104 valence electrons. The number of carboxylic acid groups (broad SMARTS) is 1. The van der Waals surface area contributed by atoms with Crippen molar-refractivity contribution >= 4 is 11.9 Å². The van der Waals surface area contributed by atoms with Gasteiger partial charge in [-0.25, -0.2) is 9.78 Å². The van der Waals surface area contributed by atoms with Crippen molar-refractivity contribution < 1.29 is 14.7 Å². The first kappa shape index (κ1) is 13.5. The fourth-order valence-electron chi connectivity index (χ4n) is 2.12. The summed E-state index contributed by atoms with van der Waals surface area (Å²) in [5, 5.41) is 14.7. The molecule has 7 heteroatoms. The number of amides is 1. The number of carboxylic acids is 1. The van der Waals surface area contributed by atoms with Crippen molar-refractivity contribution in [2.24, 2.45) is 5.92 Å². The second-order valence-corrected chi connectivity index (χ2v) is 5.03. The molecule has 4 N–H and O–H groups in total. The van der Waals surface area contributed by atoms with Crippen LogP contribution in [-0.4, -0.2) is 39.0 Å². The number of rotatable bonds is 4. The molecule has 2 atom stereocenters. The van der Waals surface area contributed by atoms with Crippen LogP contribution in [0.2, 0.25) is 0 Å². The molecule has 2 heterocycles. The number of nitrogens with zero attached hydrogens (tertiary/aromatic N) is 1. The normalized spacial score (nSPS) is 19.8. The number of carbonyl (C=O) groups excluding carboxylic acids is 1. The maximum Gasteiger partial charge on any atom is 0.326 e. The topological polar surface area (TPSA) is 107 Å². The molecule has 0 spiro atoms. The molecule has 7 nitrogen and oxygen atoms in total. The summed E-state index contributed by atoms with van der Waals surface area (Å²) >= 11 is 0. The van der Waals surface area contributed by atoms with Crippen LogP contribution in [0.1, 0.15) is 25.2 Å². The highest BCUT2D eigenvalue weighted by Crippen LogP contribution is 2.12. The van der Waals surface area contributed by atoms with Crippen LogP contribution in [0.3, 0.4) is 0 Å². The molecule has 1 aliphatic rings.